The van der Waals surface area contributed by atoms with Gasteiger partial charge in [-0.15, -0.1) is 12.4 Å². The third-order valence-electron chi connectivity index (χ3n) is 3.48. The predicted octanol–water partition coefficient (Wildman–Crippen LogP) is 3.38. The molecule has 1 unspecified atom stereocenters. The van der Waals surface area contributed by atoms with E-state index in [1.807, 2.05) is 6.92 Å². The van der Waals surface area contributed by atoms with E-state index in [0.29, 0.717) is 27.5 Å². The van der Waals surface area contributed by atoms with Gasteiger partial charge in [0.25, 0.3) is 5.91 Å². The van der Waals surface area contributed by atoms with Gasteiger partial charge in [0, 0.05) is 16.0 Å². The zero-order valence-corrected chi connectivity index (χ0v) is 13.7. The average Bonchev–Trinajstić information content (AvgIpc) is 3.12. The molecule has 0 heterocycles. The van der Waals surface area contributed by atoms with Crippen molar-refractivity contribution in [1.29, 1.82) is 0 Å². The molecule has 1 amide bonds. The van der Waals surface area contributed by atoms with Crippen LogP contribution in [0.3, 0.4) is 0 Å². The summed E-state index contributed by atoms with van der Waals surface area (Å²) >= 11 is 9.21. The van der Waals surface area contributed by atoms with Crippen LogP contribution in [0.1, 0.15) is 30.1 Å². The van der Waals surface area contributed by atoms with Crippen LogP contribution in [0.4, 0.5) is 0 Å². The maximum atomic E-state index is 12.2. The first-order chi connectivity index (χ1) is 8.46. The van der Waals surface area contributed by atoms with Crippen LogP contribution in [-0.4, -0.2) is 18.0 Å². The first kappa shape index (κ1) is 16.8. The molecule has 106 valence electrons. The number of hydrogen-bond acceptors (Lipinski definition) is 2. The Morgan fingerprint density at radius 3 is 2.68 bits per heavy atom. The number of rotatable bonds is 4. The lowest BCUT2D eigenvalue weighted by Gasteiger charge is -2.29. The highest BCUT2D eigenvalue weighted by molar-refractivity contribution is 9.10. The molecule has 1 aromatic carbocycles. The van der Waals surface area contributed by atoms with Crippen LogP contribution in [0.15, 0.2) is 22.7 Å². The summed E-state index contributed by atoms with van der Waals surface area (Å²) in [6.45, 7) is 2.46. The quantitative estimate of drug-likeness (QED) is 0.856. The second-order valence-corrected chi connectivity index (χ2v) is 6.26. The van der Waals surface area contributed by atoms with Gasteiger partial charge in [-0.3, -0.25) is 4.79 Å². The molecule has 1 aromatic rings. The summed E-state index contributed by atoms with van der Waals surface area (Å²) in [6.07, 6.45) is 2.27. The second-order valence-electron chi connectivity index (χ2n) is 4.97. The Balaban J connectivity index is 0.00000180. The van der Waals surface area contributed by atoms with E-state index in [2.05, 4.69) is 21.2 Å². The average molecular weight is 368 g/mol. The lowest BCUT2D eigenvalue weighted by atomic mass is 9.95. The maximum absolute atomic E-state index is 12.2. The molecule has 19 heavy (non-hydrogen) atoms. The highest BCUT2D eigenvalue weighted by Gasteiger charge is 2.41. The monoisotopic (exact) mass is 366 g/mol. The normalized spacial score (nSPS) is 17.3. The zero-order valence-electron chi connectivity index (χ0n) is 10.6. The number of carbonyl (C=O) groups is 1. The van der Waals surface area contributed by atoms with Crippen molar-refractivity contribution in [1.82, 2.24) is 5.32 Å². The number of amides is 1. The Morgan fingerprint density at radius 1 is 1.58 bits per heavy atom. The number of halogens is 3. The third-order valence-corrected chi connectivity index (χ3v) is 4.37. The lowest BCUT2D eigenvalue weighted by molar-refractivity contribution is 0.0897. The van der Waals surface area contributed by atoms with E-state index in [-0.39, 0.29) is 23.9 Å². The van der Waals surface area contributed by atoms with Crippen LogP contribution >= 0.6 is 39.9 Å². The van der Waals surface area contributed by atoms with Crippen molar-refractivity contribution in [3.05, 3.63) is 33.3 Å². The van der Waals surface area contributed by atoms with Crippen LogP contribution in [-0.2, 0) is 0 Å². The fourth-order valence-electron chi connectivity index (χ4n) is 2.04. The van der Waals surface area contributed by atoms with Crippen LogP contribution in [0.25, 0.3) is 0 Å². The van der Waals surface area contributed by atoms with Gasteiger partial charge in [0.2, 0.25) is 0 Å². The Morgan fingerprint density at radius 2 is 2.21 bits per heavy atom. The van der Waals surface area contributed by atoms with Crippen molar-refractivity contribution in [2.24, 2.45) is 11.7 Å². The Kier molecular flexibility index (Phi) is 5.68. The highest BCUT2D eigenvalue weighted by Crippen LogP contribution is 2.39. The molecule has 0 spiro atoms. The van der Waals surface area contributed by atoms with Gasteiger partial charge in [0.1, 0.15) is 0 Å². The van der Waals surface area contributed by atoms with Gasteiger partial charge in [0.15, 0.2) is 0 Å². The Hall–Kier alpha value is -0.290. The maximum Gasteiger partial charge on any atom is 0.252 e. The van der Waals surface area contributed by atoms with E-state index in [1.165, 1.54) is 0 Å². The van der Waals surface area contributed by atoms with Gasteiger partial charge in [-0.05, 0) is 59.8 Å². The third kappa shape index (κ3) is 3.85. The van der Waals surface area contributed by atoms with E-state index in [9.17, 15) is 4.79 Å². The predicted molar refractivity (Wildman–Crippen MR) is 84.0 cm³/mol. The minimum absolute atomic E-state index is 0. The van der Waals surface area contributed by atoms with Crippen molar-refractivity contribution in [2.45, 2.75) is 25.3 Å². The first-order valence-corrected chi connectivity index (χ1v) is 7.11. The SMILES string of the molecule is CC(CN)(NC(=O)c1ccc(Cl)cc1Br)C1CC1.Cl. The minimum atomic E-state index is -0.309. The number of carbonyl (C=O) groups excluding carboxylic acids is 1. The topological polar surface area (TPSA) is 55.1 Å². The molecular formula is C13H17BrCl2N2O. The molecule has 1 aliphatic carbocycles. The summed E-state index contributed by atoms with van der Waals surface area (Å²) in [5.41, 5.74) is 6.06. The number of hydrogen-bond donors (Lipinski definition) is 2. The molecular weight excluding hydrogens is 351 g/mol. The Labute approximate surface area is 132 Å². The van der Waals surface area contributed by atoms with Crippen LogP contribution < -0.4 is 11.1 Å². The molecule has 0 aliphatic heterocycles. The van der Waals surface area contributed by atoms with E-state index in [1.54, 1.807) is 18.2 Å². The summed E-state index contributed by atoms with van der Waals surface area (Å²) in [7, 11) is 0. The largest absolute Gasteiger partial charge is 0.345 e. The van der Waals surface area contributed by atoms with Gasteiger partial charge >= 0.3 is 0 Å². The van der Waals surface area contributed by atoms with E-state index in [0.717, 1.165) is 12.8 Å². The molecule has 1 atom stereocenters. The van der Waals surface area contributed by atoms with Crippen molar-refractivity contribution in [3.8, 4) is 0 Å². The van der Waals surface area contributed by atoms with Crippen LogP contribution in [0.2, 0.25) is 5.02 Å². The molecule has 6 heteroatoms. The molecule has 1 saturated carbocycles. The van der Waals surface area contributed by atoms with E-state index >= 15 is 0 Å². The summed E-state index contributed by atoms with van der Waals surface area (Å²) in [5, 5.41) is 3.64. The molecule has 3 N–H and O–H groups in total. The van der Waals surface area contributed by atoms with Crippen molar-refractivity contribution < 1.29 is 4.79 Å². The van der Waals surface area contributed by atoms with Crippen molar-refractivity contribution in [3.63, 3.8) is 0 Å². The van der Waals surface area contributed by atoms with Gasteiger partial charge in [-0.1, -0.05) is 11.6 Å². The number of benzene rings is 1. The molecule has 0 bridgehead atoms. The highest BCUT2D eigenvalue weighted by atomic mass is 79.9. The van der Waals surface area contributed by atoms with Crippen LogP contribution in [0.5, 0.6) is 0 Å². The molecule has 1 aliphatic rings. The molecule has 0 radical (unpaired) electrons. The van der Waals surface area contributed by atoms with E-state index in [4.69, 9.17) is 17.3 Å². The summed E-state index contributed by atoms with van der Waals surface area (Å²) in [5.74, 6) is 0.385. The summed E-state index contributed by atoms with van der Waals surface area (Å²) in [4.78, 5) is 12.2. The van der Waals surface area contributed by atoms with Crippen molar-refractivity contribution in [2.75, 3.05) is 6.54 Å². The Bertz CT molecular complexity index is 480. The fraction of sp³-hybridized carbons (Fsp3) is 0.462. The first-order valence-electron chi connectivity index (χ1n) is 5.94. The number of nitrogens with two attached hydrogens (primary N) is 1. The molecule has 1 fully saturated rings. The van der Waals surface area contributed by atoms with Gasteiger partial charge in [-0.25, -0.2) is 0 Å². The summed E-state index contributed by atoms with van der Waals surface area (Å²) < 4.78 is 0.697. The standard InChI is InChI=1S/C13H16BrClN2O.ClH/c1-13(7-16,8-2-3-8)17-12(18)10-5-4-9(15)6-11(10)14;/h4-6,8H,2-3,7,16H2,1H3,(H,17,18);1H. The zero-order chi connectivity index (χ0) is 13.3. The van der Waals surface area contributed by atoms with Crippen molar-refractivity contribution >= 4 is 45.8 Å². The molecule has 2 rings (SSSR count). The molecule has 0 saturated heterocycles. The summed E-state index contributed by atoms with van der Waals surface area (Å²) in [6, 6.07) is 5.14. The van der Waals surface area contributed by atoms with Gasteiger partial charge < -0.3 is 11.1 Å². The van der Waals surface area contributed by atoms with Gasteiger partial charge in [-0.2, -0.15) is 0 Å². The second kappa shape index (κ2) is 6.44. The molecule has 3 nitrogen and oxygen atoms in total. The van der Waals surface area contributed by atoms with Gasteiger partial charge in [0.05, 0.1) is 11.1 Å². The number of nitrogens with one attached hydrogen (secondary N) is 1. The smallest absolute Gasteiger partial charge is 0.252 e. The fourth-order valence-corrected chi connectivity index (χ4v) is 2.90. The molecule has 0 aromatic heterocycles. The minimum Gasteiger partial charge on any atom is -0.345 e. The van der Waals surface area contributed by atoms with Crippen LogP contribution in [0, 0.1) is 5.92 Å². The van der Waals surface area contributed by atoms with E-state index < -0.39 is 0 Å². The lowest BCUT2D eigenvalue weighted by Crippen LogP contribution is -2.53.